The van der Waals surface area contributed by atoms with Gasteiger partial charge in [-0.2, -0.15) is 0 Å². The summed E-state index contributed by atoms with van der Waals surface area (Å²) in [5.41, 5.74) is 0.828. The first kappa shape index (κ1) is 12.0. The highest BCUT2D eigenvalue weighted by Crippen LogP contribution is 2.32. The predicted octanol–water partition coefficient (Wildman–Crippen LogP) is 1.33. The van der Waals surface area contributed by atoms with Crippen molar-refractivity contribution in [1.29, 1.82) is 0 Å². The van der Waals surface area contributed by atoms with Crippen LogP contribution in [0.25, 0.3) is 0 Å². The number of hydrogen-bond donors (Lipinski definition) is 1. The van der Waals surface area contributed by atoms with Crippen LogP contribution in [0.3, 0.4) is 0 Å². The number of carboxylic acid groups (broad SMARTS) is 1. The zero-order valence-electron chi connectivity index (χ0n) is 9.91. The highest BCUT2D eigenvalue weighted by molar-refractivity contribution is 5.69. The van der Waals surface area contributed by atoms with Crippen molar-refractivity contribution in [2.75, 3.05) is 13.1 Å². The first-order valence-corrected chi connectivity index (χ1v) is 5.88. The van der Waals surface area contributed by atoms with Crippen LogP contribution < -0.4 is 0 Å². The van der Waals surface area contributed by atoms with Crippen LogP contribution in [-0.2, 0) is 4.79 Å². The van der Waals surface area contributed by atoms with Gasteiger partial charge in [-0.1, -0.05) is 0 Å². The van der Waals surface area contributed by atoms with Crippen LogP contribution in [-0.4, -0.2) is 39.0 Å². The summed E-state index contributed by atoms with van der Waals surface area (Å²) >= 11 is 0. The summed E-state index contributed by atoms with van der Waals surface area (Å²) in [6, 6.07) is 0.000370. The molecule has 92 valence electrons. The fourth-order valence-electron chi connectivity index (χ4n) is 1.88. The van der Waals surface area contributed by atoms with Crippen LogP contribution in [0.5, 0.6) is 0 Å². The molecule has 17 heavy (non-hydrogen) atoms. The van der Waals surface area contributed by atoms with Crippen molar-refractivity contribution in [3.05, 3.63) is 24.3 Å². The average Bonchev–Trinajstić information content (AvgIpc) is 3.12. The normalized spacial score (nSPS) is 17.1. The lowest BCUT2D eigenvalue weighted by atomic mass is 10.2. The molecule has 1 aliphatic carbocycles. The number of carboxylic acids is 1. The second-order valence-electron chi connectivity index (χ2n) is 4.57. The highest BCUT2D eigenvalue weighted by Gasteiger charge is 2.28. The van der Waals surface area contributed by atoms with Gasteiger partial charge in [0.1, 0.15) is 0 Å². The van der Waals surface area contributed by atoms with E-state index in [-0.39, 0.29) is 12.6 Å². The van der Waals surface area contributed by atoms with E-state index in [1.165, 1.54) is 12.8 Å². The Morgan fingerprint density at radius 3 is 2.88 bits per heavy atom. The molecule has 1 aliphatic rings. The maximum atomic E-state index is 10.9. The van der Waals surface area contributed by atoms with E-state index in [0.29, 0.717) is 5.92 Å². The van der Waals surface area contributed by atoms with Crippen LogP contribution in [0.2, 0.25) is 0 Å². The minimum Gasteiger partial charge on any atom is -0.480 e. The van der Waals surface area contributed by atoms with Gasteiger partial charge in [-0.25, -0.2) is 0 Å². The molecule has 1 unspecified atom stereocenters. The second-order valence-corrected chi connectivity index (χ2v) is 4.57. The third-order valence-corrected chi connectivity index (χ3v) is 3.09. The molecule has 0 aromatic carbocycles. The smallest absolute Gasteiger partial charge is 0.317 e. The van der Waals surface area contributed by atoms with E-state index >= 15 is 0 Å². The number of nitrogens with zero attached hydrogens (tertiary/aromatic N) is 3. The molecule has 0 amide bonds. The summed E-state index contributed by atoms with van der Waals surface area (Å²) in [7, 11) is 0. The Balaban J connectivity index is 2.05. The third kappa shape index (κ3) is 3.49. The Hall–Kier alpha value is -1.49. The molecule has 1 aromatic rings. The Bertz CT molecular complexity index is 379. The standard InChI is InChI=1S/C12H17N3O2/c1-9(11-6-13-4-5-14-11)15(8-12(16)17)7-10-2-3-10/h4-6,9-10H,2-3,7-8H2,1H3,(H,16,17). The highest BCUT2D eigenvalue weighted by atomic mass is 16.4. The first-order chi connectivity index (χ1) is 8.16. The molecular weight excluding hydrogens is 218 g/mol. The zero-order valence-corrected chi connectivity index (χ0v) is 9.91. The third-order valence-electron chi connectivity index (χ3n) is 3.09. The van der Waals surface area contributed by atoms with Gasteiger partial charge in [0.2, 0.25) is 0 Å². The van der Waals surface area contributed by atoms with Crippen molar-refractivity contribution in [2.24, 2.45) is 5.92 Å². The van der Waals surface area contributed by atoms with E-state index in [1.54, 1.807) is 18.6 Å². The number of aromatic nitrogens is 2. The van der Waals surface area contributed by atoms with Crippen molar-refractivity contribution in [1.82, 2.24) is 14.9 Å². The summed E-state index contributed by atoms with van der Waals surface area (Å²) in [4.78, 5) is 21.1. The number of carbonyl (C=O) groups is 1. The van der Waals surface area contributed by atoms with E-state index in [9.17, 15) is 4.79 Å². The van der Waals surface area contributed by atoms with Crippen LogP contribution in [0.4, 0.5) is 0 Å². The van der Waals surface area contributed by atoms with Gasteiger partial charge < -0.3 is 5.11 Å². The number of hydrogen-bond acceptors (Lipinski definition) is 4. The first-order valence-electron chi connectivity index (χ1n) is 5.88. The maximum Gasteiger partial charge on any atom is 0.317 e. The summed E-state index contributed by atoms with van der Waals surface area (Å²) < 4.78 is 0. The molecule has 0 radical (unpaired) electrons. The zero-order chi connectivity index (χ0) is 12.3. The molecule has 1 aromatic heterocycles. The quantitative estimate of drug-likeness (QED) is 0.805. The van der Waals surface area contributed by atoms with Gasteiger partial charge >= 0.3 is 5.97 Å². The molecule has 1 fully saturated rings. The Kier molecular flexibility index (Phi) is 3.68. The average molecular weight is 235 g/mol. The SMILES string of the molecule is CC(c1cnccn1)N(CC(=O)O)CC1CC1. The van der Waals surface area contributed by atoms with Crippen molar-refractivity contribution in [3.8, 4) is 0 Å². The number of aliphatic carboxylic acids is 1. The van der Waals surface area contributed by atoms with Crippen molar-refractivity contribution in [2.45, 2.75) is 25.8 Å². The van der Waals surface area contributed by atoms with E-state index < -0.39 is 5.97 Å². The molecule has 0 aliphatic heterocycles. The molecule has 0 spiro atoms. The largest absolute Gasteiger partial charge is 0.480 e. The fourth-order valence-corrected chi connectivity index (χ4v) is 1.88. The lowest BCUT2D eigenvalue weighted by molar-refractivity contribution is -0.139. The van der Waals surface area contributed by atoms with E-state index in [4.69, 9.17) is 5.11 Å². The maximum absolute atomic E-state index is 10.9. The molecule has 1 atom stereocenters. The topological polar surface area (TPSA) is 66.3 Å². The molecule has 1 heterocycles. The fraction of sp³-hybridized carbons (Fsp3) is 0.583. The molecule has 5 heteroatoms. The van der Waals surface area contributed by atoms with Crippen LogP contribution in [0.1, 0.15) is 31.5 Å². The monoisotopic (exact) mass is 235 g/mol. The molecule has 2 rings (SSSR count). The van der Waals surface area contributed by atoms with E-state index in [2.05, 4.69) is 9.97 Å². The molecule has 0 bridgehead atoms. The van der Waals surface area contributed by atoms with Gasteiger partial charge in [0.25, 0.3) is 0 Å². The van der Waals surface area contributed by atoms with Gasteiger partial charge in [0, 0.05) is 25.1 Å². The molecule has 0 saturated heterocycles. The summed E-state index contributed by atoms with van der Waals surface area (Å²) in [6.07, 6.45) is 7.39. The van der Waals surface area contributed by atoms with Crippen LogP contribution in [0, 0.1) is 5.92 Å². The minimum atomic E-state index is -0.790. The van der Waals surface area contributed by atoms with E-state index in [1.807, 2.05) is 11.8 Å². The van der Waals surface area contributed by atoms with Crippen LogP contribution >= 0.6 is 0 Å². The number of rotatable bonds is 6. The molecule has 1 N–H and O–H groups in total. The van der Waals surface area contributed by atoms with Gasteiger partial charge in [-0.05, 0) is 25.7 Å². The summed E-state index contributed by atoms with van der Waals surface area (Å²) in [6.45, 7) is 2.88. The molecule has 5 nitrogen and oxygen atoms in total. The van der Waals surface area contributed by atoms with Gasteiger partial charge in [0.05, 0.1) is 18.3 Å². The Labute approximate surface area is 100 Å². The Morgan fingerprint density at radius 2 is 2.35 bits per heavy atom. The lowest BCUT2D eigenvalue weighted by Crippen LogP contribution is -2.34. The summed E-state index contributed by atoms with van der Waals surface area (Å²) in [5, 5.41) is 8.94. The van der Waals surface area contributed by atoms with Crippen molar-refractivity contribution < 1.29 is 9.90 Å². The van der Waals surface area contributed by atoms with Gasteiger partial charge in [0.15, 0.2) is 0 Å². The Morgan fingerprint density at radius 1 is 1.59 bits per heavy atom. The van der Waals surface area contributed by atoms with Crippen molar-refractivity contribution in [3.63, 3.8) is 0 Å². The van der Waals surface area contributed by atoms with Crippen molar-refractivity contribution >= 4 is 5.97 Å². The minimum absolute atomic E-state index is 0.000370. The van der Waals surface area contributed by atoms with E-state index in [0.717, 1.165) is 12.2 Å². The lowest BCUT2D eigenvalue weighted by Gasteiger charge is -2.26. The molecule has 1 saturated carbocycles. The predicted molar refractivity (Wildman–Crippen MR) is 62.4 cm³/mol. The van der Waals surface area contributed by atoms with Gasteiger partial charge in [-0.15, -0.1) is 0 Å². The second kappa shape index (κ2) is 5.23. The molecular formula is C12H17N3O2. The van der Waals surface area contributed by atoms with Crippen LogP contribution in [0.15, 0.2) is 18.6 Å². The van der Waals surface area contributed by atoms with Gasteiger partial charge in [-0.3, -0.25) is 19.7 Å². The summed E-state index contributed by atoms with van der Waals surface area (Å²) in [5.74, 6) is -0.130.